The number of rotatable bonds is 10. The quantitative estimate of drug-likeness (QED) is 0.537. The first-order chi connectivity index (χ1) is 15.4. The molecule has 172 valence electrons. The van der Waals surface area contributed by atoms with Crippen LogP contribution >= 0.6 is 0 Å². The van der Waals surface area contributed by atoms with Crippen LogP contribution in [0.25, 0.3) is 0 Å². The number of carbonyl (C=O) groups is 2. The van der Waals surface area contributed by atoms with Gasteiger partial charge in [-0.2, -0.15) is 0 Å². The van der Waals surface area contributed by atoms with E-state index >= 15 is 0 Å². The van der Waals surface area contributed by atoms with Crippen LogP contribution in [0.4, 0.5) is 0 Å². The largest absolute Gasteiger partial charge is 0.494 e. The van der Waals surface area contributed by atoms with Crippen LogP contribution in [-0.4, -0.2) is 35.4 Å². The second kappa shape index (κ2) is 11.7. The minimum atomic E-state index is -0.513. The van der Waals surface area contributed by atoms with Crippen molar-refractivity contribution in [1.29, 1.82) is 0 Å². The predicted molar refractivity (Wildman–Crippen MR) is 127 cm³/mol. The van der Waals surface area contributed by atoms with Gasteiger partial charge in [-0.1, -0.05) is 54.8 Å². The van der Waals surface area contributed by atoms with Crippen LogP contribution in [0.3, 0.4) is 0 Å². The van der Waals surface area contributed by atoms with Gasteiger partial charge in [0.2, 0.25) is 11.8 Å². The predicted octanol–water partition coefficient (Wildman–Crippen LogP) is 4.94. The van der Waals surface area contributed by atoms with E-state index in [1.807, 2.05) is 69.3 Å². The second-order valence-electron chi connectivity index (χ2n) is 8.88. The van der Waals surface area contributed by atoms with Crippen molar-refractivity contribution in [2.45, 2.75) is 77.9 Å². The van der Waals surface area contributed by atoms with Crippen LogP contribution in [-0.2, 0) is 16.1 Å². The Bertz CT molecular complexity index is 888. The van der Waals surface area contributed by atoms with Gasteiger partial charge in [-0.05, 0) is 63.3 Å². The van der Waals surface area contributed by atoms with E-state index in [1.54, 1.807) is 4.90 Å². The molecule has 1 N–H and O–H groups in total. The summed E-state index contributed by atoms with van der Waals surface area (Å²) < 4.78 is 5.78. The maximum absolute atomic E-state index is 13.2. The molecule has 0 saturated heterocycles. The Hall–Kier alpha value is -2.82. The Morgan fingerprint density at radius 3 is 2.44 bits per heavy atom. The van der Waals surface area contributed by atoms with Gasteiger partial charge in [-0.15, -0.1) is 0 Å². The van der Waals surface area contributed by atoms with Gasteiger partial charge in [0.1, 0.15) is 11.8 Å². The molecule has 1 aliphatic rings. The number of benzene rings is 2. The van der Waals surface area contributed by atoms with Gasteiger partial charge in [0.25, 0.3) is 0 Å². The van der Waals surface area contributed by atoms with Crippen molar-refractivity contribution in [3.8, 4) is 5.75 Å². The third kappa shape index (κ3) is 6.84. The van der Waals surface area contributed by atoms with Gasteiger partial charge in [0, 0.05) is 19.0 Å². The number of aryl methyl sites for hydroxylation is 2. The molecule has 3 rings (SSSR count). The molecule has 1 atom stereocenters. The highest BCUT2D eigenvalue weighted by Gasteiger charge is 2.28. The van der Waals surface area contributed by atoms with E-state index in [1.165, 1.54) is 5.56 Å². The average Bonchev–Trinajstić information content (AvgIpc) is 3.30. The molecule has 0 aromatic heterocycles. The van der Waals surface area contributed by atoms with Gasteiger partial charge in [-0.3, -0.25) is 9.59 Å². The van der Waals surface area contributed by atoms with Crippen molar-refractivity contribution in [1.82, 2.24) is 10.2 Å². The first kappa shape index (κ1) is 23.8. The highest BCUT2D eigenvalue weighted by molar-refractivity contribution is 5.87. The SMILES string of the molecule is Cc1ccc(OCCCC(=O)N(Cc2ccccc2C)[C@H](C)C(=O)NC2CCCC2)cc1. The third-order valence-corrected chi connectivity index (χ3v) is 6.30. The van der Waals surface area contributed by atoms with Crippen LogP contribution in [0.15, 0.2) is 48.5 Å². The number of nitrogens with one attached hydrogen (secondary N) is 1. The number of hydrogen-bond acceptors (Lipinski definition) is 3. The summed E-state index contributed by atoms with van der Waals surface area (Å²) >= 11 is 0. The van der Waals surface area contributed by atoms with E-state index in [0.717, 1.165) is 42.6 Å². The Morgan fingerprint density at radius 2 is 1.75 bits per heavy atom. The lowest BCUT2D eigenvalue weighted by atomic mass is 10.1. The molecule has 0 radical (unpaired) electrons. The van der Waals surface area contributed by atoms with Crippen molar-refractivity contribution in [2.75, 3.05) is 6.61 Å². The monoisotopic (exact) mass is 436 g/mol. The van der Waals surface area contributed by atoms with Crippen molar-refractivity contribution in [2.24, 2.45) is 0 Å². The zero-order chi connectivity index (χ0) is 22.9. The van der Waals surface area contributed by atoms with Crippen molar-refractivity contribution < 1.29 is 14.3 Å². The molecular formula is C27H36N2O3. The van der Waals surface area contributed by atoms with Gasteiger partial charge < -0.3 is 15.0 Å². The van der Waals surface area contributed by atoms with Crippen LogP contribution in [0, 0.1) is 13.8 Å². The minimum absolute atomic E-state index is 0.0187. The van der Waals surface area contributed by atoms with Gasteiger partial charge in [-0.25, -0.2) is 0 Å². The molecule has 1 aliphatic carbocycles. The molecule has 2 aromatic carbocycles. The Balaban J connectivity index is 1.60. The lowest BCUT2D eigenvalue weighted by Crippen LogP contribution is -2.49. The van der Waals surface area contributed by atoms with Crippen LogP contribution in [0.2, 0.25) is 0 Å². The number of carbonyl (C=O) groups excluding carboxylic acids is 2. The fraction of sp³-hybridized carbons (Fsp3) is 0.481. The summed E-state index contributed by atoms with van der Waals surface area (Å²) in [6.45, 7) is 6.81. The van der Waals surface area contributed by atoms with E-state index in [0.29, 0.717) is 26.0 Å². The van der Waals surface area contributed by atoms with E-state index in [2.05, 4.69) is 5.32 Å². The molecule has 0 unspecified atom stereocenters. The van der Waals surface area contributed by atoms with Crippen molar-refractivity contribution in [3.63, 3.8) is 0 Å². The zero-order valence-corrected chi connectivity index (χ0v) is 19.6. The molecule has 5 heteroatoms. The first-order valence-electron chi connectivity index (χ1n) is 11.8. The van der Waals surface area contributed by atoms with Crippen molar-refractivity contribution in [3.05, 3.63) is 65.2 Å². The molecule has 0 aliphatic heterocycles. The Labute approximate surface area is 192 Å². The molecule has 5 nitrogen and oxygen atoms in total. The van der Waals surface area contributed by atoms with Crippen LogP contribution in [0.1, 0.15) is 62.1 Å². The normalized spacial score (nSPS) is 14.7. The number of ether oxygens (including phenoxy) is 1. The lowest BCUT2D eigenvalue weighted by Gasteiger charge is -2.30. The molecule has 0 bridgehead atoms. The highest BCUT2D eigenvalue weighted by atomic mass is 16.5. The fourth-order valence-corrected chi connectivity index (χ4v) is 4.14. The zero-order valence-electron chi connectivity index (χ0n) is 19.6. The summed E-state index contributed by atoms with van der Waals surface area (Å²) in [5, 5.41) is 3.15. The summed E-state index contributed by atoms with van der Waals surface area (Å²) in [5.74, 6) is 0.730. The van der Waals surface area contributed by atoms with E-state index in [9.17, 15) is 9.59 Å². The molecule has 1 fully saturated rings. The first-order valence-corrected chi connectivity index (χ1v) is 11.8. The Kier molecular flexibility index (Phi) is 8.72. The minimum Gasteiger partial charge on any atom is -0.494 e. The summed E-state index contributed by atoms with van der Waals surface area (Å²) in [7, 11) is 0. The summed E-state index contributed by atoms with van der Waals surface area (Å²) in [5.41, 5.74) is 3.37. The number of hydrogen-bond donors (Lipinski definition) is 1. The maximum Gasteiger partial charge on any atom is 0.242 e. The smallest absolute Gasteiger partial charge is 0.242 e. The summed E-state index contributed by atoms with van der Waals surface area (Å²) in [6.07, 6.45) is 5.33. The highest BCUT2D eigenvalue weighted by Crippen LogP contribution is 2.19. The second-order valence-corrected chi connectivity index (χ2v) is 8.88. The molecule has 1 saturated carbocycles. The Morgan fingerprint density at radius 1 is 1.06 bits per heavy atom. The summed E-state index contributed by atoms with van der Waals surface area (Å²) in [6, 6.07) is 15.7. The standard InChI is InChI=1S/C27H36N2O3/c1-20-14-16-25(17-15-20)32-18-8-13-26(30)29(19-23-10-5-4-9-21(23)2)22(3)27(31)28-24-11-6-7-12-24/h4-5,9-10,14-17,22,24H,6-8,11-13,18-19H2,1-3H3,(H,28,31)/t22-/m1/s1. The van der Waals surface area contributed by atoms with E-state index in [4.69, 9.17) is 4.74 Å². The third-order valence-electron chi connectivity index (χ3n) is 6.30. The number of nitrogens with zero attached hydrogens (tertiary/aromatic N) is 1. The topological polar surface area (TPSA) is 58.6 Å². The lowest BCUT2D eigenvalue weighted by molar-refractivity contribution is -0.141. The van der Waals surface area contributed by atoms with Crippen LogP contribution in [0.5, 0.6) is 5.75 Å². The van der Waals surface area contributed by atoms with Crippen LogP contribution < -0.4 is 10.1 Å². The van der Waals surface area contributed by atoms with E-state index < -0.39 is 6.04 Å². The van der Waals surface area contributed by atoms with Gasteiger partial charge in [0.05, 0.1) is 6.61 Å². The molecular weight excluding hydrogens is 400 g/mol. The number of amides is 2. The van der Waals surface area contributed by atoms with Gasteiger partial charge >= 0.3 is 0 Å². The molecule has 2 amide bonds. The fourth-order valence-electron chi connectivity index (χ4n) is 4.14. The maximum atomic E-state index is 13.2. The summed E-state index contributed by atoms with van der Waals surface area (Å²) in [4.78, 5) is 27.8. The average molecular weight is 437 g/mol. The van der Waals surface area contributed by atoms with Gasteiger partial charge in [0.15, 0.2) is 0 Å². The molecule has 0 spiro atoms. The molecule has 0 heterocycles. The van der Waals surface area contributed by atoms with Crippen molar-refractivity contribution >= 4 is 11.8 Å². The molecule has 2 aromatic rings. The van der Waals surface area contributed by atoms with E-state index in [-0.39, 0.29) is 17.9 Å². The molecule has 32 heavy (non-hydrogen) atoms.